The normalized spacial score (nSPS) is 15.6. The Morgan fingerprint density at radius 1 is 1.30 bits per heavy atom. The van der Waals surface area contributed by atoms with Crippen LogP contribution < -0.4 is 4.74 Å². The minimum atomic E-state index is -0.141. The van der Waals surface area contributed by atoms with Crippen molar-refractivity contribution in [1.29, 1.82) is 0 Å². The van der Waals surface area contributed by atoms with E-state index in [0.29, 0.717) is 13.0 Å². The van der Waals surface area contributed by atoms with Gasteiger partial charge in [-0.2, -0.15) is 0 Å². The molecule has 2 rings (SSSR count). The van der Waals surface area contributed by atoms with Crippen molar-refractivity contribution >= 4 is 5.97 Å². The highest BCUT2D eigenvalue weighted by molar-refractivity contribution is 5.72. The molecule has 0 amide bonds. The van der Waals surface area contributed by atoms with Crippen LogP contribution >= 0.6 is 0 Å². The molecule has 0 aliphatic heterocycles. The van der Waals surface area contributed by atoms with Crippen LogP contribution in [-0.2, 0) is 16.0 Å². The van der Waals surface area contributed by atoms with Gasteiger partial charge in [0, 0.05) is 0 Å². The van der Waals surface area contributed by atoms with Crippen LogP contribution in [-0.4, -0.2) is 18.7 Å². The number of benzene rings is 1. The Bertz CT molecular complexity index is 447. The lowest BCUT2D eigenvalue weighted by atomic mass is 9.98. The molecule has 3 nitrogen and oxygen atoms in total. The van der Waals surface area contributed by atoms with E-state index in [2.05, 4.69) is 6.58 Å². The van der Waals surface area contributed by atoms with Gasteiger partial charge in [0.05, 0.1) is 6.42 Å². The van der Waals surface area contributed by atoms with E-state index in [0.717, 1.165) is 24.2 Å². The summed E-state index contributed by atoms with van der Waals surface area (Å²) in [7, 11) is 0. The maximum atomic E-state index is 11.9. The van der Waals surface area contributed by atoms with Crippen LogP contribution in [0.25, 0.3) is 0 Å². The molecule has 1 saturated carbocycles. The molecular weight excluding hydrogens is 252 g/mol. The smallest absolute Gasteiger partial charge is 0.310 e. The zero-order chi connectivity index (χ0) is 14.2. The number of ether oxygens (including phenoxy) is 2. The molecule has 0 unspecified atom stereocenters. The maximum absolute atomic E-state index is 11.9. The third-order valence-electron chi connectivity index (χ3n) is 3.47. The van der Waals surface area contributed by atoms with Gasteiger partial charge in [0.2, 0.25) is 0 Å². The Labute approximate surface area is 120 Å². The molecule has 1 aromatic carbocycles. The molecular formula is C17H22O3. The summed E-state index contributed by atoms with van der Waals surface area (Å²) >= 11 is 0. The summed E-state index contributed by atoms with van der Waals surface area (Å²) in [4.78, 5) is 11.9. The Hall–Kier alpha value is -1.77. The van der Waals surface area contributed by atoms with Gasteiger partial charge in [-0.1, -0.05) is 31.2 Å². The molecule has 0 atom stereocenters. The molecule has 20 heavy (non-hydrogen) atoms. The summed E-state index contributed by atoms with van der Waals surface area (Å²) in [6.45, 7) is 4.08. The second-order valence-electron chi connectivity index (χ2n) is 5.17. The van der Waals surface area contributed by atoms with Crippen LogP contribution in [0.1, 0.15) is 37.7 Å². The maximum Gasteiger partial charge on any atom is 0.310 e. The first-order chi connectivity index (χ1) is 9.78. The third kappa shape index (κ3) is 4.72. The van der Waals surface area contributed by atoms with E-state index in [9.17, 15) is 4.79 Å². The lowest BCUT2D eigenvalue weighted by Gasteiger charge is -2.21. The summed E-state index contributed by atoms with van der Waals surface area (Å²) in [6.07, 6.45) is 7.74. The van der Waals surface area contributed by atoms with Gasteiger partial charge < -0.3 is 9.47 Å². The topological polar surface area (TPSA) is 35.5 Å². The lowest BCUT2D eigenvalue weighted by molar-refractivity contribution is -0.149. The average Bonchev–Trinajstić information content (AvgIpc) is 2.46. The van der Waals surface area contributed by atoms with Crippen molar-refractivity contribution in [3.05, 3.63) is 42.5 Å². The summed E-state index contributed by atoms with van der Waals surface area (Å²) < 4.78 is 11.0. The summed E-state index contributed by atoms with van der Waals surface area (Å²) in [5.74, 6) is 0.616. The molecule has 0 N–H and O–H groups in total. The average molecular weight is 274 g/mol. The minimum Gasteiger partial charge on any atom is -0.490 e. The van der Waals surface area contributed by atoms with Crippen LogP contribution in [0.4, 0.5) is 0 Å². The van der Waals surface area contributed by atoms with E-state index < -0.39 is 0 Å². The SMILES string of the molecule is C=CCOc1cccc(CC(=O)OC2CCCCC2)c1. The standard InChI is InChI=1S/C17H22O3/c1-2-11-19-16-10-6-7-14(12-16)13-17(18)20-15-8-4-3-5-9-15/h2,6-7,10,12,15H,1,3-5,8-9,11,13H2. The Morgan fingerprint density at radius 2 is 2.10 bits per heavy atom. The second-order valence-corrected chi connectivity index (χ2v) is 5.17. The van der Waals surface area contributed by atoms with Crippen molar-refractivity contribution in [2.45, 2.75) is 44.6 Å². The highest BCUT2D eigenvalue weighted by atomic mass is 16.5. The van der Waals surface area contributed by atoms with Gasteiger partial charge in [-0.15, -0.1) is 0 Å². The Balaban J connectivity index is 1.85. The van der Waals surface area contributed by atoms with Crippen molar-refractivity contribution in [3.63, 3.8) is 0 Å². The minimum absolute atomic E-state index is 0.122. The van der Waals surface area contributed by atoms with Crippen molar-refractivity contribution in [1.82, 2.24) is 0 Å². The molecule has 0 bridgehead atoms. The third-order valence-corrected chi connectivity index (χ3v) is 3.47. The van der Waals surface area contributed by atoms with Gasteiger partial charge in [0.1, 0.15) is 18.5 Å². The van der Waals surface area contributed by atoms with Crippen molar-refractivity contribution < 1.29 is 14.3 Å². The Morgan fingerprint density at radius 3 is 2.85 bits per heavy atom. The second kappa shape index (κ2) is 7.73. The van der Waals surface area contributed by atoms with Crippen LogP contribution in [0.5, 0.6) is 5.75 Å². The zero-order valence-electron chi connectivity index (χ0n) is 11.8. The van der Waals surface area contributed by atoms with E-state index in [1.807, 2.05) is 24.3 Å². The first-order valence-electron chi connectivity index (χ1n) is 7.30. The van der Waals surface area contributed by atoms with Gasteiger partial charge in [-0.3, -0.25) is 4.79 Å². The van der Waals surface area contributed by atoms with Gasteiger partial charge in [-0.25, -0.2) is 0 Å². The van der Waals surface area contributed by atoms with E-state index in [-0.39, 0.29) is 12.1 Å². The van der Waals surface area contributed by atoms with Crippen molar-refractivity contribution in [3.8, 4) is 5.75 Å². The summed E-state index contributed by atoms with van der Waals surface area (Å²) in [5.41, 5.74) is 0.923. The monoisotopic (exact) mass is 274 g/mol. The quantitative estimate of drug-likeness (QED) is 0.586. The first kappa shape index (κ1) is 14.6. The van der Waals surface area contributed by atoms with Gasteiger partial charge in [0.15, 0.2) is 0 Å². The molecule has 1 fully saturated rings. The molecule has 108 valence electrons. The fourth-order valence-electron chi connectivity index (χ4n) is 2.48. The zero-order valence-corrected chi connectivity index (χ0v) is 11.8. The van der Waals surface area contributed by atoms with Crippen LogP contribution in [0.15, 0.2) is 36.9 Å². The van der Waals surface area contributed by atoms with Gasteiger partial charge >= 0.3 is 5.97 Å². The first-order valence-corrected chi connectivity index (χ1v) is 7.30. The molecule has 3 heteroatoms. The van der Waals surface area contributed by atoms with E-state index in [4.69, 9.17) is 9.47 Å². The highest BCUT2D eigenvalue weighted by Gasteiger charge is 2.17. The molecule has 1 aliphatic rings. The fourth-order valence-corrected chi connectivity index (χ4v) is 2.48. The van der Waals surface area contributed by atoms with Crippen LogP contribution in [0.2, 0.25) is 0 Å². The molecule has 0 saturated heterocycles. The highest BCUT2D eigenvalue weighted by Crippen LogP contribution is 2.21. The molecule has 1 aliphatic carbocycles. The largest absolute Gasteiger partial charge is 0.490 e. The van der Waals surface area contributed by atoms with Crippen LogP contribution in [0, 0.1) is 0 Å². The lowest BCUT2D eigenvalue weighted by Crippen LogP contribution is -2.21. The van der Waals surface area contributed by atoms with Crippen LogP contribution in [0.3, 0.4) is 0 Å². The van der Waals surface area contributed by atoms with Gasteiger partial charge in [-0.05, 0) is 43.4 Å². The predicted octanol–water partition coefficient (Wildman–Crippen LogP) is 3.67. The molecule has 1 aromatic rings. The van der Waals surface area contributed by atoms with Crippen molar-refractivity contribution in [2.75, 3.05) is 6.61 Å². The van der Waals surface area contributed by atoms with E-state index in [1.165, 1.54) is 19.3 Å². The number of hydrogen-bond acceptors (Lipinski definition) is 3. The van der Waals surface area contributed by atoms with Gasteiger partial charge in [0.25, 0.3) is 0 Å². The summed E-state index contributed by atoms with van der Waals surface area (Å²) in [5, 5.41) is 0. The molecule has 0 spiro atoms. The Kier molecular flexibility index (Phi) is 5.66. The molecule has 0 aromatic heterocycles. The molecule has 0 radical (unpaired) electrons. The number of rotatable bonds is 6. The fraction of sp³-hybridized carbons (Fsp3) is 0.471. The summed E-state index contributed by atoms with van der Waals surface area (Å²) in [6, 6.07) is 7.57. The molecule has 0 heterocycles. The van der Waals surface area contributed by atoms with E-state index >= 15 is 0 Å². The number of carbonyl (C=O) groups is 1. The number of carbonyl (C=O) groups excluding carboxylic acids is 1. The predicted molar refractivity (Wildman–Crippen MR) is 78.8 cm³/mol. The number of esters is 1. The van der Waals surface area contributed by atoms with E-state index in [1.54, 1.807) is 6.08 Å². The van der Waals surface area contributed by atoms with Crippen molar-refractivity contribution in [2.24, 2.45) is 0 Å². The number of hydrogen-bond donors (Lipinski definition) is 0.